The number of nitrogens with zero attached hydrogens (tertiary/aromatic N) is 3. The minimum absolute atomic E-state index is 0.156. The molecular weight excluding hydrogens is 423 g/mol. The van der Waals surface area contributed by atoms with Crippen LogP contribution < -0.4 is 16.1 Å². The van der Waals surface area contributed by atoms with E-state index in [1.807, 2.05) is 4.98 Å². The van der Waals surface area contributed by atoms with Gasteiger partial charge in [0.05, 0.1) is 24.2 Å². The molecule has 0 bridgehead atoms. The first-order chi connectivity index (χ1) is 14.0. The van der Waals surface area contributed by atoms with Crippen LogP contribution in [0.2, 0.25) is 0 Å². The molecule has 0 aromatic heterocycles. The summed E-state index contributed by atoms with van der Waals surface area (Å²) in [6.45, 7) is 0.352. The van der Waals surface area contributed by atoms with E-state index in [-0.39, 0.29) is 11.5 Å². The van der Waals surface area contributed by atoms with Crippen molar-refractivity contribution in [2.45, 2.75) is 31.8 Å². The molecule has 0 aliphatic carbocycles. The van der Waals surface area contributed by atoms with Crippen LogP contribution in [0.1, 0.15) is 5.56 Å². The third kappa shape index (κ3) is 4.79. The minimum Gasteiger partial charge on any atom is -0.756 e. The molecule has 13 nitrogen and oxygen atoms in total. The average Bonchev–Trinajstić information content (AvgIpc) is 2.65. The van der Waals surface area contributed by atoms with Crippen LogP contribution >= 0.6 is 7.82 Å². The number of rotatable bonds is 7. The summed E-state index contributed by atoms with van der Waals surface area (Å²) in [4.78, 5) is 53.0. The Morgan fingerprint density at radius 1 is 1.23 bits per heavy atom. The van der Waals surface area contributed by atoms with E-state index < -0.39 is 50.5 Å². The standard InChI is InChI=1S/C16H19N4O9P/c1-7-2-3-9-8(4-7)17-12-14(18-16(25)19-15(12)24)20(9)5-10(21)13(23)11(22)6-29-30(26,27)28/h2-4,10-11,13,21-23H,5-6H2,1H3,(H,19,24,25)(H2,26,27,28)/p-1/t10-,11+,13-/m1/s1. The number of aryl methyl sites for hydroxylation is 1. The smallest absolute Gasteiger partial charge is 0.349 e. The Kier molecular flexibility index (Phi) is 6.15. The summed E-state index contributed by atoms with van der Waals surface area (Å²) in [7, 11) is -5.14. The first-order valence-electron chi connectivity index (χ1n) is 8.60. The van der Waals surface area contributed by atoms with E-state index in [2.05, 4.69) is 14.5 Å². The Labute approximate surface area is 167 Å². The van der Waals surface area contributed by atoms with Gasteiger partial charge in [0.15, 0.2) is 11.5 Å². The number of hydrogen-bond donors (Lipinski definition) is 5. The first-order valence-corrected chi connectivity index (χ1v) is 10.1. The van der Waals surface area contributed by atoms with Crippen LogP contribution in [0, 0.1) is 6.92 Å². The number of aromatic amines is 1. The van der Waals surface area contributed by atoms with Crippen LogP contribution in [-0.2, 0) is 15.6 Å². The zero-order valence-electron chi connectivity index (χ0n) is 15.5. The number of aliphatic hydroxyl groups excluding tert-OH is 3. The number of aromatic nitrogens is 4. The number of aliphatic hydroxyl groups is 3. The van der Waals surface area contributed by atoms with Crippen molar-refractivity contribution >= 4 is 18.9 Å². The summed E-state index contributed by atoms with van der Waals surface area (Å²) in [6.07, 6.45) is -5.48. The van der Waals surface area contributed by atoms with E-state index in [0.717, 1.165) is 5.56 Å². The molecule has 0 fully saturated rings. The molecule has 14 heteroatoms. The molecule has 0 amide bonds. The molecule has 1 aromatic carbocycles. The Balaban J connectivity index is 2.02. The van der Waals surface area contributed by atoms with Crippen LogP contribution in [0.5, 0.6) is 0 Å². The van der Waals surface area contributed by atoms with E-state index in [0.29, 0.717) is 11.0 Å². The average molecular weight is 441 g/mol. The van der Waals surface area contributed by atoms with Crippen LogP contribution in [0.25, 0.3) is 22.6 Å². The second kappa shape index (κ2) is 8.32. The highest BCUT2D eigenvalue weighted by atomic mass is 31.2. The van der Waals surface area contributed by atoms with Crippen molar-refractivity contribution in [3.8, 4) is 11.5 Å². The molecule has 2 aliphatic rings. The summed E-state index contributed by atoms with van der Waals surface area (Å²) >= 11 is 0. The van der Waals surface area contributed by atoms with E-state index in [1.165, 1.54) is 4.57 Å². The van der Waals surface area contributed by atoms with Gasteiger partial charge in [0, 0.05) is 0 Å². The number of phosphoric ester groups is 1. The van der Waals surface area contributed by atoms with Gasteiger partial charge in [-0.25, -0.2) is 9.78 Å². The molecule has 4 atom stereocenters. The summed E-state index contributed by atoms with van der Waals surface area (Å²) in [5, 5.41) is 30.3. The number of phosphoric acid groups is 1. The molecule has 3 rings (SSSR count). The Morgan fingerprint density at radius 2 is 1.93 bits per heavy atom. The maximum atomic E-state index is 12.2. The Bertz CT molecular complexity index is 1200. The lowest BCUT2D eigenvalue weighted by Crippen LogP contribution is -2.42. The zero-order chi connectivity index (χ0) is 22.2. The summed E-state index contributed by atoms with van der Waals surface area (Å²) in [5.74, 6) is -0.156. The SMILES string of the molecule is Cc1ccc2c(c1)nc1c(=O)[nH]c(=O)nc-1n2C[C@@H](O)[C@@H](O)[C@@H](O)COP(=O)([O-])O. The quantitative estimate of drug-likeness (QED) is 0.190. The predicted molar refractivity (Wildman–Crippen MR) is 99.6 cm³/mol. The fourth-order valence-corrected chi connectivity index (χ4v) is 3.26. The molecule has 2 aliphatic heterocycles. The van der Waals surface area contributed by atoms with Gasteiger partial charge >= 0.3 is 5.69 Å². The van der Waals surface area contributed by atoms with Gasteiger partial charge in [0.2, 0.25) is 0 Å². The Morgan fingerprint density at radius 3 is 2.60 bits per heavy atom. The maximum absolute atomic E-state index is 12.2. The van der Waals surface area contributed by atoms with Gasteiger partial charge in [0.1, 0.15) is 18.3 Å². The fourth-order valence-electron chi connectivity index (χ4n) is 2.92. The second-order valence-electron chi connectivity index (χ2n) is 6.65. The third-order valence-corrected chi connectivity index (χ3v) is 4.81. The second-order valence-corrected chi connectivity index (χ2v) is 7.84. The zero-order valence-corrected chi connectivity index (χ0v) is 16.4. The predicted octanol–water partition coefficient (Wildman–Crippen LogP) is -2.55. The van der Waals surface area contributed by atoms with E-state index in [9.17, 15) is 34.4 Å². The number of H-pyrrole nitrogens is 1. The van der Waals surface area contributed by atoms with Gasteiger partial charge in [0.25, 0.3) is 13.4 Å². The van der Waals surface area contributed by atoms with E-state index >= 15 is 0 Å². The van der Waals surface area contributed by atoms with E-state index in [1.54, 1.807) is 25.1 Å². The largest absolute Gasteiger partial charge is 0.756 e. The molecule has 1 unspecified atom stereocenters. The van der Waals surface area contributed by atoms with Crippen molar-refractivity contribution in [3.63, 3.8) is 0 Å². The van der Waals surface area contributed by atoms with Gasteiger partial charge in [-0.05, 0) is 24.6 Å². The molecule has 0 saturated heterocycles. The van der Waals surface area contributed by atoms with Gasteiger partial charge in [-0.15, -0.1) is 0 Å². The topological polar surface area (TPSA) is 211 Å². The molecule has 1 aromatic rings. The van der Waals surface area contributed by atoms with Crippen LogP contribution in [0.3, 0.4) is 0 Å². The van der Waals surface area contributed by atoms with Crippen molar-refractivity contribution in [1.82, 2.24) is 19.5 Å². The molecule has 0 saturated carbocycles. The monoisotopic (exact) mass is 441 g/mol. The van der Waals surface area contributed by atoms with Crippen molar-refractivity contribution in [2.75, 3.05) is 6.61 Å². The molecule has 2 heterocycles. The highest BCUT2D eigenvalue weighted by Gasteiger charge is 2.28. The molecule has 30 heavy (non-hydrogen) atoms. The van der Waals surface area contributed by atoms with Crippen molar-refractivity contribution < 1.29 is 34.2 Å². The summed E-state index contributed by atoms with van der Waals surface area (Å²) in [5.41, 5.74) is -0.351. The molecular formula is C16H18N4O9P-. The minimum atomic E-state index is -5.14. The summed E-state index contributed by atoms with van der Waals surface area (Å²) < 4.78 is 15.9. The lowest BCUT2D eigenvalue weighted by Gasteiger charge is -2.26. The van der Waals surface area contributed by atoms with E-state index in [4.69, 9.17) is 4.89 Å². The van der Waals surface area contributed by atoms with Crippen LogP contribution in [0.4, 0.5) is 0 Å². The van der Waals surface area contributed by atoms with Crippen LogP contribution in [-0.4, -0.2) is 64.7 Å². The highest BCUT2D eigenvalue weighted by molar-refractivity contribution is 7.44. The normalized spacial score (nSPS) is 17.0. The number of hydrogen-bond acceptors (Lipinski definition) is 10. The van der Waals surface area contributed by atoms with Gasteiger partial charge in [-0.2, -0.15) is 4.98 Å². The molecule has 162 valence electrons. The summed E-state index contributed by atoms with van der Waals surface area (Å²) in [6, 6.07) is 4.99. The lowest BCUT2D eigenvalue weighted by atomic mass is 10.1. The number of nitrogens with one attached hydrogen (secondary N) is 1. The number of benzene rings is 1. The van der Waals surface area contributed by atoms with Gasteiger partial charge in [-0.3, -0.25) is 14.3 Å². The van der Waals surface area contributed by atoms with Gasteiger partial charge < -0.3 is 34.2 Å². The Hall–Kier alpha value is -2.51. The third-order valence-electron chi connectivity index (χ3n) is 4.33. The van der Waals surface area contributed by atoms with Crippen molar-refractivity contribution in [3.05, 3.63) is 44.6 Å². The van der Waals surface area contributed by atoms with Crippen molar-refractivity contribution in [1.29, 1.82) is 0 Å². The molecule has 0 radical (unpaired) electrons. The van der Waals surface area contributed by atoms with Crippen LogP contribution in [0.15, 0.2) is 27.8 Å². The first kappa shape index (κ1) is 22.2. The fraction of sp³-hybridized carbons (Fsp3) is 0.375. The number of fused-ring (bicyclic) bond motifs is 2. The maximum Gasteiger partial charge on any atom is 0.349 e. The highest BCUT2D eigenvalue weighted by Crippen LogP contribution is 2.30. The lowest BCUT2D eigenvalue weighted by molar-refractivity contribution is -0.223. The molecule has 5 N–H and O–H groups in total. The van der Waals surface area contributed by atoms with Crippen molar-refractivity contribution in [2.24, 2.45) is 0 Å². The molecule has 0 spiro atoms. The van der Waals surface area contributed by atoms with Gasteiger partial charge in [-0.1, -0.05) is 6.07 Å².